The van der Waals surface area contributed by atoms with Crippen LogP contribution in [0.1, 0.15) is 27.9 Å². The van der Waals surface area contributed by atoms with Gasteiger partial charge in [-0.05, 0) is 73.0 Å². The van der Waals surface area contributed by atoms with Crippen LogP contribution in [0.25, 0.3) is 0 Å². The van der Waals surface area contributed by atoms with Crippen molar-refractivity contribution >= 4 is 33.4 Å². The molecule has 0 saturated carbocycles. The summed E-state index contributed by atoms with van der Waals surface area (Å²) in [5.74, 6) is -1.12. The third-order valence-corrected chi connectivity index (χ3v) is 6.24. The molecule has 0 radical (unpaired) electrons. The molecular formula is C17H17NO4S2. The fourth-order valence-corrected chi connectivity index (χ4v) is 4.70. The number of carboxylic acids is 1. The summed E-state index contributed by atoms with van der Waals surface area (Å²) in [6, 6.07) is 9.90. The van der Waals surface area contributed by atoms with E-state index < -0.39 is 16.0 Å². The van der Waals surface area contributed by atoms with Crippen molar-refractivity contribution in [1.29, 1.82) is 0 Å². The van der Waals surface area contributed by atoms with Gasteiger partial charge in [-0.2, -0.15) is 0 Å². The Kier molecular flexibility index (Phi) is 4.56. The van der Waals surface area contributed by atoms with Crippen LogP contribution in [-0.4, -0.2) is 25.7 Å². The van der Waals surface area contributed by atoms with E-state index in [1.807, 2.05) is 18.4 Å². The number of aryl methyl sites for hydroxylation is 1. The summed E-state index contributed by atoms with van der Waals surface area (Å²) in [5, 5.41) is 9.24. The van der Waals surface area contributed by atoms with Crippen LogP contribution in [0.3, 0.4) is 0 Å². The summed E-state index contributed by atoms with van der Waals surface area (Å²) < 4.78 is 28.1. The Labute approximate surface area is 145 Å². The molecule has 7 heteroatoms. The summed E-state index contributed by atoms with van der Waals surface area (Å²) in [6.45, 7) is 0. The molecule has 0 bridgehead atoms. The summed E-state index contributed by atoms with van der Waals surface area (Å²) >= 11 is 1.57. The molecule has 0 aliphatic heterocycles. The zero-order valence-electron chi connectivity index (χ0n) is 13.1. The van der Waals surface area contributed by atoms with Gasteiger partial charge in [0.25, 0.3) is 10.0 Å². The Morgan fingerprint density at radius 1 is 1.17 bits per heavy atom. The molecule has 0 saturated heterocycles. The molecule has 5 nitrogen and oxygen atoms in total. The maximum Gasteiger partial charge on any atom is 0.335 e. The molecule has 1 aliphatic rings. The standard InChI is InChI=1S/C17H17NO4S2/c1-23-14-7-5-13(6-8-14)18-24(21,22)16-10-12(17(19)20)9-11-3-2-4-15(11)16/h5-10,18H,2-4H2,1H3,(H,19,20). The minimum atomic E-state index is -3.83. The molecule has 0 heterocycles. The molecule has 0 spiro atoms. The van der Waals surface area contributed by atoms with Crippen LogP contribution in [0.4, 0.5) is 5.69 Å². The van der Waals surface area contributed by atoms with Crippen molar-refractivity contribution < 1.29 is 18.3 Å². The highest BCUT2D eigenvalue weighted by Crippen LogP contribution is 2.31. The van der Waals surface area contributed by atoms with Gasteiger partial charge in [-0.3, -0.25) is 4.72 Å². The third-order valence-electron chi connectivity index (χ3n) is 4.05. The van der Waals surface area contributed by atoms with E-state index in [1.165, 1.54) is 6.07 Å². The first-order valence-electron chi connectivity index (χ1n) is 7.46. The lowest BCUT2D eigenvalue weighted by atomic mass is 10.1. The number of fused-ring (bicyclic) bond motifs is 1. The largest absolute Gasteiger partial charge is 0.478 e. The molecule has 0 amide bonds. The van der Waals surface area contributed by atoms with Gasteiger partial charge in [0.15, 0.2) is 0 Å². The Morgan fingerprint density at radius 2 is 1.88 bits per heavy atom. The van der Waals surface area contributed by atoms with E-state index in [2.05, 4.69) is 4.72 Å². The quantitative estimate of drug-likeness (QED) is 0.796. The van der Waals surface area contributed by atoms with Gasteiger partial charge in [-0.25, -0.2) is 13.2 Å². The van der Waals surface area contributed by atoms with Crippen molar-refractivity contribution in [3.8, 4) is 0 Å². The van der Waals surface area contributed by atoms with E-state index in [0.717, 1.165) is 22.4 Å². The number of rotatable bonds is 5. The maximum atomic E-state index is 12.8. The Balaban J connectivity index is 2.01. The maximum absolute atomic E-state index is 12.8. The first kappa shape index (κ1) is 16.9. The fourth-order valence-electron chi connectivity index (χ4n) is 2.90. The number of nitrogens with one attached hydrogen (secondary N) is 1. The SMILES string of the molecule is CSc1ccc(NS(=O)(=O)c2cc(C(=O)O)cc3c2CCC3)cc1. The lowest BCUT2D eigenvalue weighted by Gasteiger charge is -2.13. The molecule has 0 atom stereocenters. The second-order valence-corrected chi connectivity index (χ2v) is 8.14. The predicted molar refractivity (Wildman–Crippen MR) is 94.5 cm³/mol. The van der Waals surface area contributed by atoms with Crippen LogP contribution < -0.4 is 4.72 Å². The smallest absolute Gasteiger partial charge is 0.335 e. The molecule has 3 rings (SSSR count). The van der Waals surface area contributed by atoms with E-state index in [9.17, 15) is 18.3 Å². The molecule has 2 N–H and O–H groups in total. The van der Waals surface area contributed by atoms with E-state index >= 15 is 0 Å². The van der Waals surface area contributed by atoms with Crippen molar-refractivity contribution in [2.45, 2.75) is 29.1 Å². The number of carbonyl (C=O) groups is 1. The molecule has 2 aromatic rings. The molecule has 0 fully saturated rings. The zero-order valence-corrected chi connectivity index (χ0v) is 14.7. The summed E-state index contributed by atoms with van der Waals surface area (Å²) in [5.41, 5.74) is 2.01. The van der Waals surface area contributed by atoms with E-state index in [-0.39, 0.29) is 10.5 Å². The fraction of sp³-hybridized carbons (Fsp3) is 0.235. The molecule has 1 aliphatic carbocycles. The predicted octanol–water partition coefficient (Wildman–Crippen LogP) is 3.40. The van der Waals surface area contributed by atoms with Gasteiger partial charge in [-0.1, -0.05) is 0 Å². The van der Waals surface area contributed by atoms with Crippen molar-refractivity contribution in [1.82, 2.24) is 0 Å². The van der Waals surface area contributed by atoms with Crippen LogP contribution in [0.15, 0.2) is 46.2 Å². The van der Waals surface area contributed by atoms with E-state index in [1.54, 1.807) is 30.0 Å². The van der Waals surface area contributed by atoms with Crippen molar-refractivity contribution in [2.24, 2.45) is 0 Å². The molecule has 0 unspecified atom stereocenters. The third kappa shape index (κ3) is 3.27. The van der Waals surface area contributed by atoms with Crippen LogP contribution in [0, 0.1) is 0 Å². The van der Waals surface area contributed by atoms with Crippen LogP contribution in [-0.2, 0) is 22.9 Å². The first-order chi connectivity index (χ1) is 11.4. The number of carboxylic acid groups (broad SMARTS) is 1. The molecular weight excluding hydrogens is 346 g/mol. The molecule has 0 aromatic heterocycles. The number of anilines is 1. The molecule has 126 valence electrons. The van der Waals surface area contributed by atoms with Gasteiger partial charge in [-0.15, -0.1) is 11.8 Å². The van der Waals surface area contributed by atoms with E-state index in [0.29, 0.717) is 18.5 Å². The minimum Gasteiger partial charge on any atom is -0.478 e. The number of thioether (sulfide) groups is 1. The first-order valence-corrected chi connectivity index (χ1v) is 10.2. The average molecular weight is 363 g/mol. The second-order valence-electron chi connectivity index (χ2n) is 5.60. The summed E-state index contributed by atoms with van der Waals surface area (Å²) in [4.78, 5) is 12.4. The van der Waals surface area contributed by atoms with E-state index in [4.69, 9.17) is 0 Å². The van der Waals surface area contributed by atoms with Gasteiger partial charge in [0.1, 0.15) is 0 Å². The Morgan fingerprint density at radius 3 is 2.50 bits per heavy atom. The van der Waals surface area contributed by atoms with Gasteiger partial charge < -0.3 is 5.11 Å². The number of aromatic carboxylic acids is 1. The Bertz CT molecular complexity index is 890. The average Bonchev–Trinajstić information content (AvgIpc) is 3.02. The number of sulfonamides is 1. The number of benzene rings is 2. The van der Waals surface area contributed by atoms with Crippen molar-refractivity contribution in [3.05, 3.63) is 53.1 Å². The summed E-state index contributed by atoms with van der Waals surface area (Å²) in [6.07, 6.45) is 4.14. The van der Waals surface area contributed by atoms with Crippen LogP contribution in [0.2, 0.25) is 0 Å². The highest BCUT2D eigenvalue weighted by Gasteiger charge is 2.26. The van der Waals surface area contributed by atoms with Crippen LogP contribution >= 0.6 is 11.8 Å². The Hall–Kier alpha value is -1.99. The van der Waals surface area contributed by atoms with Gasteiger partial charge >= 0.3 is 5.97 Å². The second kappa shape index (κ2) is 6.49. The summed E-state index contributed by atoms with van der Waals surface area (Å²) in [7, 11) is -3.83. The number of hydrogen-bond acceptors (Lipinski definition) is 4. The van der Waals surface area contributed by atoms with Crippen molar-refractivity contribution in [3.63, 3.8) is 0 Å². The molecule has 2 aromatic carbocycles. The molecule has 24 heavy (non-hydrogen) atoms. The lowest BCUT2D eigenvalue weighted by Crippen LogP contribution is -2.16. The number of hydrogen-bond donors (Lipinski definition) is 2. The van der Waals surface area contributed by atoms with Gasteiger partial charge in [0.05, 0.1) is 10.5 Å². The van der Waals surface area contributed by atoms with Gasteiger partial charge in [0.2, 0.25) is 0 Å². The highest BCUT2D eigenvalue weighted by molar-refractivity contribution is 7.98. The monoisotopic (exact) mass is 363 g/mol. The highest BCUT2D eigenvalue weighted by atomic mass is 32.2. The normalized spacial score (nSPS) is 13.5. The zero-order chi connectivity index (χ0) is 17.3. The van der Waals surface area contributed by atoms with Crippen LogP contribution in [0.5, 0.6) is 0 Å². The minimum absolute atomic E-state index is 0.00811. The van der Waals surface area contributed by atoms with Gasteiger partial charge in [0, 0.05) is 10.6 Å². The van der Waals surface area contributed by atoms with Crippen molar-refractivity contribution in [2.75, 3.05) is 11.0 Å². The topological polar surface area (TPSA) is 83.5 Å². The lowest BCUT2D eigenvalue weighted by molar-refractivity contribution is 0.0696.